The number of hydrogen-bond acceptors (Lipinski definition) is 4. The van der Waals surface area contributed by atoms with Crippen LogP contribution in [0.5, 0.6) is 0 Å². The van der Waals surface area contributed by atoms with E-state index >= 15 is 0 Å². The maximum Gasteiger partial charge on any atom is 0.504 e. The zero-order valence-corrected chi connectivity index (χ0v) is 12.5. The minimum Gasteiger partial charge on any atom is -0.448 e. The van der Waals surface area contributed by atoms with Gasteiger partial charge in [0, 0.05) is 39.3 Å². The molecule has 0 aromatic heterocycles. The Kier molecular flexibility index (Phi) is 4.08. The molecule has 1 N–H and O–H groups in total. The van der Waals surface area contributed by atoms with Crippen LogP contribution in [0.1, 0.15) is 38.5 Å². The molecule has 0 unspecified atom stereocenters. The van der Waals surface area contributed by atoms with E-state index in [1.54, 1.807) is 0 Å². The first-order valence-electron chi connectivity index (χ1n) is 7.65. The molecule has 0 saturated carbocycles. The summed E-state index contributed by atoms with van der Waals surface area (Å²) in [6.45, 7) is 5.88. The molecule has 0 atom stereocenters. The van der Waals surface area contributed by atoms with Crippen LogP contribution in [-0.2, 0) is 0 Å². The molecule has 5 nitrogen and oxygen atoms in total. The topological polar surface area (TPSA) is 47.0 Å². The molecule has 0 amide bonds. The van der Waals surface area contributed by atoms with Crippen molar-refractivity contribution in [2.45, 2.75) is 38.5 Å². The van der Waals surface area contributed by atoms with Gasteiger partial charge in [-0.15, -0.1) is 14.0 Å². The predicted octanol–water partition coefficient (Wildman–Crippen LogP) is 2.71. The Bertz CT molecular complexity index is 294. The van der Waals surface area contributed by atoms with Gasteiger partial charge in [0.05, 0.1) is 0 Å². The summed E-state index contributed by atoms with van der Waals surface area (Å²) < 4.78 is 7.02. The highest BCUT2D eigenvalue weighted by atomic mass is 31.2. The standard InChI is InChI=1S/C13H24N3O2P/c17-13(18)19(14-7-1-2-8-14,15-9-3-4-10-15)16-11-5-6-12-16/h1-12H2/p+1. The normalized spacial score (nSPS) is 27.4. The maximum absolute atomic E-state index is 12.3. The van der Waals surface area contributed by atoms with Gasteiger partial charge >= 0.3 is 13.4 Å². The quantitative estimate of drug-likeness (QED) is 0.805. The molecule has 3 heterocycles. The zero-order chi connectivity index (χ0) is 13.3. The van der Waals surface area contributed by atoms with Crippen LogP contribution in [0, 0.1) is 0 Å². The molecule has 108 valence electrons. The van der Waals surface area contributed by atoms with E-state index in [0.29, 0.717) is 0 Å². The van der Waals surface area contributed by atoms with Crippen LogP contribution in [0.2, 0.25) is 0 Å². The van der Waals surface area contributed by atoms with Crippen LogP contribution in [0.15, 0.2) is 0 Å². The van der Waals surface area contributed by atoms with Gasteiger partial charge in [0.1, 0.15) is 0 Å². The fraction of sp³-hybridized carbons (Fsp3) is 0.923. The molecule has 19 heavy (non-hydrogen) atoms. The van der Waals surface area contributed by atoms with Crippen molar-refractivity contribution in [2.75, 3.05) is 39.3 Å². The van der Waals surface area contributed by atoms with Gasteiger partial charge in [-0.25, -0.2) is 4.79 Å². The van der Waals surface area contributed by atoms with Gasteiger partial charge in [0.15, 0.2) is 0 Å². The molecule has 3 rings (SSSR count). The summed E-state index contributed by atoms with van der Waals surface area (Å²) in [6, 6.07) is 0. The molecule has 0 aromatic rings. The first-order valence-corrected chi connectivity index (χ1v) is 9.30. The largest absolute Gasteiger partial charge is 0.504 e. The average Bonchev–Trinajstić information content (AvgIpc) is 3.15. The molecule has 3 saturated heterocycles. The Morgan fingerprint density at radius 2 is 0.947 bits per heavy atom. The Labute approximate surface area is 116 Å². The van der Waals surface area contributed by atoms with E-state index in [9.17, 15) is 9.90 Å². The fourth-order valence-corrected chi connectivity index (χ4v) is 8.16. The van der Waals surface area contributed by atoms with Gasteiger partial charge in [-0.05, 0) is 38.5 Å². The second-order valence-electron chi connectivity index (χ2n) is 5.83. The molecular weight excluding hydrogens is 261 g/mol. The highest BCUT2D eigenvalue weighted by Gasteiger charge is 2.65. The van der Waals surface area contributed by atoms with Crippen LogP contribution in [0.4, 0.5) is 4.79 Å². The van der Waals surface area contributed by atoms with Crippen molar-refractivity contribution in [3.8, 4) is 0 Å². The summed E-state index contributed by atoms with van der Waals surface area (Å²) in [6.07, 6.45) is 6.98. The third-order valence-electron chi connectivity index (χ3n) is 4.69. The summed E-state index contributed by atoms with van der Waals surface area (Å²) >= 11 is 0. The summed E-state index contributed by atoms with van der Waals surface area (Å²) in [4.78, 5) is 12.3. The van der Waals surface area contributed by atoms with Crippen molar-refractivity contribution >= 4 is 13.4 Å². The second-order valence-corrected chi connectivity index (χ2v) is 9.05. The van der Waals surface area contributed by atoms with Crippen LogP contribution >= 0.6 is 7.71 Å². The summed E-state index contributed by atoms with van der Waals surface area (Å²) in [5, 5.41) is 10.1. The lowest BCUT2D eigenvalue weighted by atomic mass is 10.4. The molecule has 3 fully saturated rings. The third-order valence-corrected chi connectivity index (χ3v) is 8.77. The van der Waals surface area contributed by atoms with E-state index in [-0.39, 0.29) is 0 Å². The van der Waals surface area contributed by atoms with Gasteiger partial charge in [0.25, 0.3) is 0 Å². The van der Waals surface area contributed by atoms with Crippen LogP contribution in [0.25, 0.3) is 0 Å². The summed E-state index contributed by atoms with van der Waals surface area (Å²) in [5.41, 5.74) is -0.543. The first kappa shape index (κ1) is 13.7. The van der Waals surface area contributed by atoms with E-state index in [1.165, 1.54) is 0 Å². The van der Waals surface area contributed by atoms with E-state index in [1.807, 2.05) is 0 Å². The molecule has 0 aromatic carbocycles. The van der Waals surface area contributed by atoms with Crippen molar-refractivity contribution in [2.24, 2.45) is 0 Å². The second kappa shape index (κ2) is 5.65. The molecule has 0 spiro atoms. The van der Waals surface area contributed by atoms with Gasteiger partial charge in [-0.2, -0.15) is 0 Å². The minimum atomic E-state index is -2.29. The van der Waals surface area contributed by atoms with Crippen molar-refractivity contribution in [3.05, 3.63) is 0 Å². The Balaban J connectivity index is 1.96. The number of rotatable bonds is 4. The Hall–Kier alpha value is -0.220. The third kappa shape index (κ3) is 2.21. The van der Waals surface area contributed by atoms with Crippen LogP contribution < -0.4 is 0 Å². The smallest absolute Gasteiger partial charge is 0.448 e. The van der Waals surface area contributed by atoms with E-state index in [4.69, 9.17) is 0 Å². The van der Waals surface area contributed by atoms with Gasteiger partial charge < -0.3 is 5.11 Å². The van der Waals surface area contributed by atoms with E-state index in [2.05, 4.69) is 14.0 Å². The lowest BCUT2D eigenvalue weighted by molar-refractivity contribution is 0.210. The Morgan fingerprint density at radius 1 is 0.684 bits per heavy atom. The van der Waals surface area contributed by atoms with Crippen molar-refractivity contribution in [1.82, 2.24) is 14.0 Å². The minimum absolute atomic E-state index is 0.543. The molecule has 3 aliphatic rings. The lowest BCUT2D eigenvalue weighted by Gasteiger charge is -2.39. The van der Waals surface area contributed by atoms with Crippen molar-refractivity contribution in [1.29, 1.82) is 0 Å². The highest BCUT2D eigenvalue weighted by molar-refractivity contribution is 7.84. The number of nitrogens with zero attached hydrogens (tertiary/aromatic N) is 3. The average molecular weight is 286 g/mol. The zero-order valence-electron chi connectivity index (χ0n) is 11.6. The number of carbonyl (C=O) groups is 1. The monoisotopic (exact) mass is 286 g/mol. The lowest BCUT2D eigenvalue weighted by Crippen LogP contribution is -2.45. The molecule has 3 aliphatic heterocycles. The van der Waals surface area contributed by atoms with Crippen LogP contribution in [-0.4, -0.2) is 64.1 Å². The highest BCUT2D eigenvalue weighted by Crippen LogP contribution is 2.70. The fourth-order valence-electron chi connectivity index (χ4n) is 3.84. The van der Waals surface area contributed by atoms with Crippen molar-refractivity contribution < 1.29 is 9.90 Å². The summed E-state index contributed by atoms with van der Waals surface area (Å²) in [5.74, 6) is 0. The molecule has 6 heteroatoms. The first-order chi connectivity index (χ1) is 9.26. The number of carboxylic acid groups (broad SMARTS) is 1. The van der Waals surface area contributed by atoms with E-state index < -0.39 is 13.4 Å². The van der Waals surface area contributed by atoms with Gasteiger partial charge in [-0.1, -0.05) is 0 Å². The van der Waals surface area contributed by atoms with Crippen LogP contribution in [0.3, 0.4) is 0 Å². The number of hydrogen-bond donors (Lipinski definition) is 1. The molecule has 0 aliphatic carbocycles. The Morgan fingerprint density at radius 3 is 1.16 bits per heavy atom. The maximum atomic E-state index is 12.3. The van der Waals surface area contributed by atoms with Crippen molar-refractivity contribution in [3.63, 3.8) is 0 Å². The molecular formula is C13H25N3O2P+. The molecule has 0 bridgehead atoms. The molecule has 0 radical (unpaired) electrons. The SMILES string of the molecule is O=C(O)[P+](N1CCCC1)(N1CCCC1)N1CCCC1. The predicted molar refractivity (Wildman–Crippen MR) is 77.4 cm³/mol. The summed E-state index contributed by atoms with van der Waals surface area (Å²) in [7, 11) is -2.29. The van der Waals surface area contributed by atoms with Gasteiger partial charge in [0.2, 0.25) is 0 Å². The van der Waals surface area contributed by atoms with Gasteiger partial charge in [-0.3, -0.25) is 0 Å². The van der Waals surface area contributed by atoms with E-state index in [0.717, 1.165) is 77.8 Å².